The topological polar surface area (TPSA) is 67.0 Å². The number of rotatable bonds is 5. The molecule has 1 aliphatic heterocycles. The molecule has 2 heterocycles. The molecule has 3 rings (SSSR count). The second kappa shape index (κ2) is 8.42. The number of piperazine rings is 1. The highest BCUT2D eigenvalue weighted by Crippen LogP contribution is 2.24. The number of carbonyl (C=O) groups is 2. The van der Waals surface area contributed by atoms with Gasteiger partial charge in [0.15, 0.2) is 11.8 Å². The molecule has 0 aliphatic carbocycles. The Labute approximate surface area is 157 Å². The van der Waals surface area contributed by atoms with Crippen LogP contribution in [0, 0.1) is 0 Å². The number of para-hydroxylation sites is 1. The maximum atomic E-state index is 12.6. The van der Waals surface area contributed by atoms with Gasteiger partial charge in [-0.05, 0) is 37.4 Å². The van der Waals surface area contributed by atoms with Crippen LogP contribution in [0.4, 0.5) is 5.69 Å². The molecular formula is C19H24N3O3S+. The maximum absolute atomic E-state index is 12.6. The molecule has 7 heteroatoms. The summed E-state index contributed by atoms with van der Waals surface area (Å²) in [6.45, 7) is 4.66. The molecule has 2 aromatic rings. The number of furan rings is 1. The van der Waals surface area contributed by atoms with Crippen molar-refractivity contribution in [2.24, 2.45) is 0 Å². The number of anilines is 1. The zero-order valence-corrected chi connectivity index (χ0v) is 15.8. The molecule has 1 atom stereocenters. The molecule has 1 saturated heterocycles. The van der Waals surface area contributed by atoms with Crippen LogP contribution in [-0.2, 0) is 4.79 Å². The van der Waals surface area contributed by atoms with Crippen molar-refractivity contribution >= 4 is 29.3 Å². The summed E-state index contributed by atoms with van der Waals surface area (Å²) < 4.78 is 5.19. The van der Waals surface area contributed by atoms with Gasteiger partial charge in [-0.3, -0.25) is 9.59 Å². The summed E-state index contributed by atoms with van der Waals surface area (Å²) in [4.78, 5) is 29.0. The van der Waals surface area contributed by atoms with Crippen LogP contribution in [0.25, 0.3) is 0 Å². The molecule has 1 aliphatic rings. The van der Waals surface area contributed by atoms with Gasteiger partial charge in [0.25, 0.3) is 11.8 Å². The van der Waals surface area contributed by atoms with Gasteiger partial charge in [0.1, 0.15) is 0 Å². The van der Waals surface area contributed by atoms with Gasteiger partial charge in [0.2, 0.25) is 0 Å². The Morgan fingerprint density at radius 3 is 2.58 bits per heavy atom. The third-order valence-electron chi connectivity index (χ3n) is 4.80. The van der Waals surface area contributed by atoms with E-state index in [4.69, 9.17) is 4.42 Å². The molecular weight excluding hydrogens is 350 g/mol. The minimum Gasteiger partial charge on any atom is -0.459 e. The van der Waals surface area contributed by atoms with Crippen molar-refractivity contribution in [2.45, 2.75) is 17.9 Å². The highest BCUT2D eigenvalue weighted by Gasteiger charge is 2.31. The lowest BCUT2D eigenvalue weighted by atomic mass is 10.2. The normalized spacial score (nSPS) is 16.3. The first-order valence-corrected chi connectivity index (χ1v) is 9.94. The number of nitrogens with one attached hydrogen (secondary N) is 2. The molecule has 0 spiro atoms. The molecule has 0 radical (unpaired) electrons. The Bertz CT molecular complexity index is 755. The molecule has 1 aromatic heterocycles. The van der Waals surface area contributed by atoms with Crippen LogP contribution in [0.5, 0.6) is 0 Å². The predicted molar refractivity (Wildman–Crippen MR) is 102 cm³/mol. The third-order valence-corrected chi connectivity index (χ3v) is 5.59. The summed E-state index contributed by atoms with van der Waals surface area (Å²) >= 11 is 1.61. The lowest BCUT2D eigenvalue weighted by Gasteiger charge is -2.34. The fourth-order valence-electron chi connectivity index (χ4n) is 3.16. The van der Waals surface area contributed by atoms with Crippen LogP contribution < -0.4 is 10.2 Å². The summed E-state index contributed by atoms with van der Waals surface area (Å²) in [5.41, 5.74) is 0.850. The monoisotopic (exact) mass is 374 g/mol. The summed E-state index contributed by atoms with van der Waals surface area (Å²) in [5, 5.41) is 3.04. The lowest BCUT2D eigenvalue weighted by Crippen LogP contribution is -3.19. The van der Waals surface area contributed by atoms with Crippen molar-refractivity contribution in [1.82, 2.24) is 4.90 Å². The molecule has 0 unspecified atom stereocenters. The van der Waals surface area contributed by atoms with E-state index < -0.39 is 0 Å². The van der Waals surface area contributed by atoms with E-state index in [1.54, 1.807) is 28.8 Å². The Kier molecular flexibility index (Phi) is 6.00. The summed E-state index contributed by atoms with van der Waals surface area (Å²) in [5.74, 6) is 0.292. The van der Waals surface area contributed by atoms with Crippen molar-refractivity contribution in [3.8, 4) is 0 Å². The number of thioether (sulfide) groups is 1. The molecule has 138 valence electrons. The molecule has 1 aromatic carbocycles. The average molecular weight is 374 g/mol. The van der Waals surface area contributed by atoms with Crippen LogP contribution in [0.15, 0.2) is 52.0 Å². The Balaban J connectivity index is 1.55. The van der Waals surface area contributed by atoms with E-state index in [-0.39, 0.29) is 17.9 Å². The van der Waals surface area contributed by atoms with Crippen LogP contribution in [-0.4, -0.2) is 55.2 Å². The van der Waals surface area contributed by atoms with Gasteiger partial charge in [-0.15, -0.1) is 11.8 Å². The molecule has 1 fully saturated rings. The van der Waals surface area contributed by atoms with Crippen molar-refractivity contribution in [3.63, 3.8) is 0 Å². The molecule has 2 amide bonds. The summed E-state index contributed by atoms with van der Waals surface area (Å²) in [7, 11) is 0. The fraction of sp³-hybridized carbons (Fsp3) is 0.368. The van der Waals surface area contributed by atoms with Gasteiger partial charge in [-0.1, -0.05) is 12.1 Å². The molecule has 2 N–H and O–H groups in total. The zero-order chi connectivity index (χ0) is 18.5. The number of amides is 2. The molecule has 26 heavy (non-hydrogen) atoms. The molecule has 0 saturated carbocycles. The van der Waals surface area contributed by atoms with Crippen LogP contribution in [0.2, 0.25) is 0 Å². The van der Waals surface area contributed by atoms with Crippen LogP contribution in [0.3, 0.4) is 0 Å². The number of quaternary nitrogens is 1. The first-order chi connectivity index (χ1) is 12.6. The first-order valence-electron chi connectivity index (χ1n) is 8.71. The highest BCUT2D eigenvalue weighted by atomic mass is 32.2. The second-order valence-corrected chi connectivity index (χ2v) is 7.19. The fourth-order valence-corrected chi connectivity index (χ4v) is 3.71. The Morgan fingerprint density at radius 1 is 1.19 bits per heavy atom. The van der Waals surface area contributed by atoms with Crippen molar-refractivity contribution < 1.29 is 18.9 Å². The van der Waals surface area contributed by atoms with Gasteiger partial charge in [0.05, 0.1) is 38.1 Å². The van der Waals surface area contributed by atoms with Gasteiger partial charge >= 0.3 is 0 Å². The third kappa shape index (κ3) is 4.11. The van der Waals surface area contributed by atoms with E-state index in [1.807, 2.05) is 37.4 Å². The maximum Gasteiger partial charge on any atom is 0.289 e. The Morgan fingerprint density at radius 2 is 1.92 bits per heavy atom. The van der Waals surface area contributed by atoms with Gasteiger partial charge < -0.3 is 19.5 Å². The number of nitrogens with zero attached hydrogens (tertiary/aromatic N) is 1. The van der Waals surface area contributed by atoms with E-state index in [1.165, 1.54) is 11.2 Å². The molecule has 6 nitrogen and oxygen atoms in total. The summed E-state index contributed by atoms with van der Waals surface area (Å²) in [6.07, 6.45) is 3.50. The van der Waals surface area contributed by atoms with Crippen LogP contribution in [0.1, 0.15) is 17.5 Å². The molecule has 0 bridgehead atoms. The van der Waals surface area contributed by atoms with Crippen molar-refractivity contribution in [1.29, 1.82) is 0 Å². The second-order valence-electron chi connectivity index (χ2n) is 6.34. The van der Waals surface area contributed by atoms with E-state index >= 15 is 0 Å². The van der Waals surface area contributed by atoms with Crippen molar-refractivity contribution in [3.05, 3.63) is 48.4 Å². The Hall–Kier alpha value is -2.25. The number of hydrogen-bond acceptors (Lipinski definition) is 4. The number of carbonyl (C=O) groups excluding carboxylic acids is 2. The zero-order valence-electron chi connectivity index (χ0n) is 15.0. The van der Waals surface area contributed by atoms with Crippen molar-refractivity contribution in [2.75, 3.05) is 37.8 Å². The SMILES string of the molecule is CSc1ccccc1NC(=O)[C@@H](C)[NH+]1CCN(C(=O)c2ccco2)CC1. The van der Waals surface area contributed by atoms with E-state index in [2.05, 4.69) is 5.32 Å². The standard InChI is InChI=1S/C19H23N3O3S/c1-14(18(23)20-15-6-3-4-8-17(15)26-2)21-9-11-22(12-10-21)19(24)16-7-5-13-25-16/h3-8,13-14H,9-12H2,1-2H3,(H,20,23)/p+1/t14-/m1/s1. The predicted octanol–water partition coefficient (Wildman–Crippen LogP) is 1.37. The summed E-state index contributed by atoms with van der Waals surface area (Å²) in [6, 6.07) is 11.0. The lowest BCUT2D eigenvalue weighted by molar-refractivity contribution is -0.917. The number of benzene rings is 1. The van der Waals surface area contributed by atoms with E-state index in [0.717, 1.165) is 23.7 Å². The first kappa shape index (κ1) is 18.5. The van der Waals surface area contributed by atoms with E-state index in [9.17, 15) is 9.59 Å². The van der Waals surface area contributed by atoms with E-state index in [0.29, 0.717) is 18.8 Å². The van der Waals surface area contributed by atoms with Gasteiger partial charge in [0, 0.05) is 4.90 Å². The van der Waals surface area contributed by atoms with Gasteiger partial charge in [-0.2, -0.15) is 0 Å². The smallest absolute Gasteiger partial charge is 0.289 e. The highest BCUT2D eigenvalue weighted by molar-refractivity contribution is 7.98. The minimum atomic E-state index is -0.175. The minimum absolute atomic E-state index is 0.00677. The van der Waals surface area contributed by atoms with Gasteiger partial charge in [-0.25, -0.2) is 0 Å². The average Bonchev–Trinajstić information content (AvgIpc) is 3.22. The number of hydrogen-bond donors (Lipinski definition) is 2. The van der Waals surface area contributed by atoms with Crippen LogP contribution >= 0.6 is 11.8 Å². The quantitative estimate of drug-likeness (QED) is 0.776. The largest absolute Gasteiger partial charge is 0.459 e.